The summed E-state index contributed by atoms with van der Waals surface area (Å²) in [6, 6.07) is 28.7. The normalized spacial score (nSPS) is 11.4. The molecule has 0 radical (unpaired) electrons. The van der Waals surface area contributed by atoms with Crippen LogP contribution in [-0.2, 0) is 0 Å². The Hall–Kier alpha value is -2.33. The van der Waals surface area contributed by atoms with E-state index in [1.807, 2.05) is 48.5 Å². The second-order valence-electron chi connectivity index (χ2n) is 5.72. The molecule has 0 aliphatic rings. The lowest BCUT2D eigenvalue weighted by molar-refractivity contribution is 0.276. The summed E-state index contributed by atoms with van der Waals surface area (Å²) in [6.07, 6.45) is 0.570. The minimum atomic E-state index is -0.133. The topological polar surface area (TPSA) is 49.5 Å². The maximum Gasteiger partial charge on any atom is 0.0461 e. The average Bonchev–Trinajstić information content (AvgIpc) is 2.64. The highest BCUT2D eigenvalue weighted by Gasteiger charge is 2.12. The van der Waals surface area contributed by atoms with E-state index in [2.05, 4.69) is 41.3 Å². The molecule has 3 aromatic carbocycles. The molecular weight excluding hydrogens is 332 g/mol. The number of anilines is 3. The number of nitrogens with two attached hydrogens (primary N) is 1. The van der Waals surface area contributed by atoms with Crippen molar-refractivity contribution in [3.8, 4) is 0 Å². The van der Waals surface area contributed by atoms with E-state index in [4.69, 9.17) is 10.8 Å². The number of hydrogen-bond acceptors (Lipinski definition) is 3. The molecule has 1 atom stereocenters. The summed E-state index contributed by atoms with van der Waals surface area (Å²) in [7, 11) is 0. The Kier molecular flexibility index (Phi) is 7.02. The molecule has 0 aromatic heterocycles. The van der Waals surface area contributed by atoms with Gasteiger partial charge in [0.15, 0.2) is 0 Å². The smallest absolute Gasteiger partial charge is 0.0461 e. The van der Waals surface area contributed by atoms with Gasteiger partial charge in [-0.25, -0.2) is 0 Å². The van der Waals surface area contributed by atoms with Crippen LogP contribution in [0.5, 0.6) is 0 Å². The standard InChI is InChI=1S/C21H22N2O.ClH/c22-21(15-16-24)17-11-13-20(14-12-17)23(18-7-3-1-4-8-18)19-9-5-2-6-10-19;/h1-14,21,24H,15-16,22H2;1H. The van der Waals surface area contributed by atoms with Gasteiger partial charge in [0.05, 0.1) is 0 Å². The van der Waals surface area contributed by atoms with E-state index in [9.17, 15) is 0 Å². The molecule has 3 rings (SSSR count). The molecule has 130 valence electrons. The molecule has 4 heteroatoms. The summed E-state index contributed by atoms with van der Waals surface area (Å²) >= 11 is 0. The summed E-state index contributed by atoms with van der Waals surface area (Å²) in [5.74, 6) is 0. The van der Waals surface area contributed by atoms with Crippen LogP contribution in [0.2, 0.25) is 0 Å². The molecule has 25 heavy (non-hydrogen) atoms. The minimum Gasteiger partial charge on any atom is -0.396 e. The van der Waals surface area contributed by atoms with Gasteiger partial charge in [-0.3, -0.25) is 0 Å². The van der Waals surface area contributed by atoms with Crippen molar-refractivity contribution in [3.63, 3.8) is 0 Å². The largest absolute Gasteiger partial charge is 0.396 e. The number of nitrogens with zero attached hydrogens (tertiary/aromatic N) is 1. The quantitative estimate of drug-likeness (QED) is 0.657. The summed E-state index contributed by atoms with van der Waals surface area (Å²) in [4.78, 5) is 2.21. The lowest BCUT2D eigenvalue weighted by Gasteiger charge is -2.25. The van der Waals surface area contributed by atoms with Crippen molar-refractivity contribution >= 4 is 29.5 Å². The highest BCUT2D eigenvalue weighted by atomic mass is 35.5. The van der Waals surface area contributed by atoms with Gasteiger partial charge in [0.2, 0.25) is 0 Å². The van der Waals surface area contributed by atoms with Gasteiger partial charge in [-0.1, -0.05) is 48.5 Å². The summed E-state index contributed by atoms with van der Waals surface area (Å²) in [5, 5.41) is 9.05. The Morgan fingerprint density at radius 3 is 1.60 bits per heavy atom. The second-order valence-corrected chi connectivity index (χ2v) is 5.72. The predicted molar refractivity (Wildman–Crippen MR) is 107 cm³/mol. The zero-order valence-electron chi connectivity index (χ0n) is 14.0. The second kappa shape index (κ2) is 9.23. The van der Waals surface area contributed by atoms with Gasteiger partial charge in [-0.05, 0) is 48.4 Å². The van der Waals surface area contributed by atoms with Crippen LogP contribution in [0.1, 0.15) is 18.0 Å². The Balaban J connectivity index is 0.00000225. The fraction of sp³-hybridized carbons (Fsp3) is 0.143. The maximum absolute atomic E-state index is 9.05. The number of aliphatic hydroxyl groups is 1. The van der Waals surface area contributed by atoms with Crippen LogP contribution >= 0.6 is 12.4 Å². The average molecular weight is 355 g/mol. The SMILES string of the molecule is Cl.NC(CCO)c1ccc(N(c2ccccc2)c2ccccc2)cc1. The zero-order valence-corrected chi connectivity index (χ0v) is 14.8. The van der Waals surface area contributed by atoms with E-state index >= 15 is 0 Å². The van der Waals surface area contributed by atoms with Crippen molar-refractivity contribution in [1.29, 1.82) is 0 Å². The monoisotopic (exact) mass is 354 g/mol. The van der Waals surface area contributed by atoms with E-state index in [1.54, 1.807) is 0 Å². The highest BCUT2D eigenvalue weighted by Crippen LogP contribution is 2.34. The molecule has 0 bridgehead atoms. The first-order valence-corrected chi connectivity index (χ1v) is 8.16. The van der Waals surface area contributed by atoms with Crippen LogP contribution < -0.4 is 10.6 Å². The fourth-order valence-electron chi connectivity index (χ4n) is 2.78. The molecule has 3 aromatic rings. The molecule has 3 N–H and O–H groups in total. The van der Waals surface area contributed by atoms with E-state index in [1.165, 1.54) is 0 Å². The summed E-state index contributed by atoms with van der Waals surface area (Å²) < 4.78 is 0. The summed E-state index contributed by atoms with van der Waals surface area (Å²) in [5.41, 5.74) is 10.4. The minimum absolute atomic E-state index is 0. The first kappa shape index (κ1) is 19.0. The van der Waals surface area contributed by atoms with Gasteiger partial charge in [-0.15, -0.1) is 12.4 Å². The van der Waals surface area contributed by atoms with Crippen molar-refractivity contribution in [2.75, 3.05) is 11.5 Å². The van der Waals surface area contributed by atoms with Crippen LogP contribution in [0, 0.1) is 0 Å². The highest BCUT2D eigenvalue weighted by molar-refractivity contribution is 5.85. The first-order valence-electron chi connectivity index (χ1n) is 8.16. The number of hydrogen-bond donors (Lipinski definition) is 2. The number of rotatable bonds is 6. The van der Waals surface area contributed by atoms with Crippen LogP contribution in [0.4, 0.5) is 17.1 Å². The van der Waals surface area contributed by atoms with Gasteiger partial charge < -0.3 is 15.7 Å². The third kappa shape index (κ3) is 4.60. The van der Waals surface area contributed by atoms with Gasteiger partial charge in [0, 0.05) is 29.7 Å². The molecule has 1 unspecified atom stereocenters. The van der Waals surface area contributed by atoms with Gasteiger partial charge in [0.25, 0.3) is 0 Å². The molecule has 0 amide bonds. The molecule has 0 aliphatic heterocycles. The van der Waals surface area contributed by atoms with Crippen LogP contribution in [0.3, 0.4) is 0 Å². The molecule has 0 aliphatic carbocycles. The number of para-hydroxylation sites is 2. The Bertz CT molecular complexity index is 708. The molecule has 0 fully saturated rings. The molecule has 0 saturated carbocycles. The molecule has 0 spiro atoms. The number of aliphatic hydroxyl groups excluding tert-OH is 1. The van der Waals surface area contributed by atoms with Crippen LogP contribution in [-0.4, -0.2) is 11.7 Å². The van der Waals surface area contributed by atoms with E-state index in [0.29, 0.717) is 6.42 Å². The number of benzene rings is 3. The van der Waals surface area contributed by atoms with Crippen LogP contribution in [0.15, 0.2) is 84.9 Å². The Morgan fingerprint density at radius 2 is 1.16 bits per heavy atom. The molecule has 0 heterocycles. The van der Waals surface area contributed by atoms with Gasteiger partial charge in [-0.2, -0.15) is 0 Å². The lowest BCUT2D eigenvalue weighted by Crippen LogP contribution is -2.13. The Morgan fingerprint density at radius 1 is 0.720 bits per heavy atom. The molecule has 3 nitrogen and oxygen atoms in total. The Labute approximate surface area is 155 Å². The summed E-state index contributed by atoms with van der Waals surface area (Å²) in [6.45, 7) is 0.100. The van der Waals surface area contributed by atoms with Gasteiger partial charge >= 0.3 is 0 Å². The molecule has 0 saturated heterocycles. The first-order chi connectivity index (χ1) is 11.8. The van der Waals surface area contributed by atoms with Crippen molar-refractivity contribution in [1.82, 2.24) is 0 Å². The number of halogens is 1. The fourth-order valence-corrected chi connectivity index (χ4v) is 2.78. The van der Waals surface area contributed by atoms with E-state index in [-0.39, 0.29) is 25.1 Å². The van der Waals surface area contributed by atoms with E-state index in [0.717, 1.165) is 22.6 Å². The molecular formula is C21H23ClN2O. The van der Waals surface area contributed by atoms with E-state index < -0.39 is 0 Å². The third-order valence-corrected chi connectivity index (χ3v) is 4.05. The predicted octanol–water partition coefficient (Wildman–Crippen LogP) is 4.96. The lowest BCUT2D eigenvalue weighted by atomic mass is 10.0. The van der Waals surface area contributed by atoms with Crippen molar-refractivity contribution < 1.29 is 5.11 Å². The van der Waals surface area contributed by atoms with Crippen LogP contribution in [0.25, 0.3) is 0 Å². The van der Waals surface area contributed by atoms with Crippen molar-refractivity contribution in [3.05, 3.63) is 90.5 Å². The van der Waals surface area contributed by atoms with Crippen molar-refractivity contribution in [2.45, 2.75) is 12.5 Å². The maximum atomic E-state index is 9.05. The zero-order chi connectivity index (χ0) is 16.8. The third-order valence-electron chi connectivity index (χ3n) is 4.05. The van der Waals surface area contributed by atoms with Crippen molar-refractivity contribution in [2.24, 2.45) is 5.73 Å². The van der Waals surface area contributed by atoms with Gasteiger partial charge in [0.1, 0.15) is 0 Å².